The molecule has 2 heterocycles. The van der Waals surface area contributed by atoms with E-state index in [-0.39, 0.29) is 37.1 Å². The van der Waals surface area contributed by atoms with Gasteiger partial charge in [-0.2, -0.15) is 4.98 Å². The first-order valence-corrected chi connectivity index (χ1v) is 7.31. The quantitative estimate of drug-likeness (QED) is 0.848. The molecule has 2 N–H and O–H groups in total. The van der Waals surface area contributed by atoms with Crippen LogP contribution in [0.3, 0.4) is 0 Å². The molecule has 1 aromatic heterocycles. The molecule has 2 aromatic rings. The second-order valence-corrected chi connectivity index (χ2v) is 5.27. The largest absolute Gasteiger partial charge is 0.362 e. The number of aryl methyl sites for hydroxylation is 1. The fourth-order valence-electron chi connectivity index (χ4n) is 2.45. The Labute approximate surface area is 144 Å². The lowest BCUT2D eigenvalue weighted by Gasteiger charge is -2.19. The third kappa shape index (κ3) is 4.28. The Morgan fingerprint density at radius 3 is 3.08 bits per heavy atom. The number of amides is 1. The normalized spacial score (nSPS) is 13.1. The average molecular weight is 357 g/mol. The third-order valence-electron chi connectivity index (χ3n) is 3.51. The number of carbonyl (C=O) groups is 1. The molecule has 7 nitrogen and oxygen atoms in total. The molecule has 1 amide bonds. The molecule has 24 heavy (non-hydrogen) atoms. The van der Waals surface area contributed by atoms with Gasteiger partial charge in [-0.15, -0.1) is 12.4 Å². The Bertz CT molecular complexity index is 723. The summed E-state index contributed by atoms with van der Waals surface area (Å²) in [6, 6.07) is 3.39. The standard InChI is InChI=1S/C15H17FN4O3.ClH/c1-9-18-14(23-20-9)8-22-7-13(21)19-12-3-2-10-6-17-5-4-11(10)15(12)16;/h2-3,17H,4-8H2,1H3,(H,19,21);1H. The maximum Gasteiger partial charge on any atom is 0.252 e. The van der Waals surface area contributed by atoms with E-state index in [9.17, 15) is 9.18 Å². The summed E-state index contributed by atoms with van der Waals surface area (Å²) in [6.45, 7) is 2.88. The number of fused-ring (bicyclic) bond motifs is 1. The van der Waals surface area contributed by atoms with E-state index >= 15 is 0 Å². The molecular formula is C15H18ClFN4O3. The van der Waals surface area contributed by atoms with E-state index in [0.717, 1.165) is 12.1 Å². The van der Waals surface area contributed by atoms with Gasteiger partial charge < -0.3 is 19.9 Å². The lowest BCUT2D eigenvalue weighted by Crippen LogP contribution is -2.25. The van der Waals surface area contributed by atoms with Crippen molar-refractivity contribution < 1.29 is 18.4 Å². The fourth-order valence-corrected chi connectivity index (χ4v) is 2.45. The lowest BCUT2D eigenvalue weighted by molar-refractivity contribution is -0.121. The van der Waals surface area contributed by atoms with Crippen molar-refractivity contribution in [1.29, 1.82) is 0 Å². The first-order chi connectivity index (χ1) is 11.1. The molecular weight excluding hydrogens is 339 g/mol. The molecule has 0 atom stereocenters. The van der Waals surface area contributed by atoms with Crippen LogP contribution in [0.1, 0.15) is 22.8 Å². The molecule has 9 heteroatoms. The first kappa shape index (κ1) is 18.3. The maximum atomic E-state index is 14.4. The number of anilines is 1. The SMILES string of the molecule is Cc1noc(COCC(=O)Nc2ccc3c(c2F)CCNC3)n1.Cl. The van der Waals surface area contributed by atoms with Crippen LogP contribution in [0.4, 0.5) is 10.1 Å². The molecule has 0 bridgehead atoms. The van der Waals surface area contributed by atoms with E-state index in [0.29, 0.717) is 30.2 Å². The molecule has 0 unspecified atom stereocenters. The number of ether oxygens (including phenoxy) is 1. The zero-order valence-corrected chi connectivity index (χ0v) is 13.9. The molecule has 0 fully saturated rings. The second kappa shape index (κ2) is 8.18. The predicted octanol–water partition coefficient (Wildman–Crippen LogP) is 1.74. The van der Waals surface area contributed by atoms with Gasteiger partial charge in [0, 0.05) is 6.54 Å². The van der Waals surface area contributed by atoms with Gasteiger partial charge in [-0.1, -0.05) is 11.2 Å². The van der Waals surface area contributed by atoms with Crippen molar-refractivity contribution in [2.24, 2.45) is 0 Å². The van der Waals surface area contributed by atoms with Crippen LogP contribution >= 0.6 is 12.4 Å². The van der Waals surface area contributed by atoms with Crippen molar-refractivity contribution in [1.82, 2.24) is 15.5 Å². The number of hydrogen-bond acceptors (Lipinski definition) is 6. The minimum atomic E-state index is -0.436. The Balaban J connectivity index is 0.00000208. The summed E-state index contributed by atoms with van der Waals surface area (Å²) in [7, 11) is 0. The van der Waals surface area contributed by atoms with Crippen molar-refractivity contribution in [3.05, 3.63) is 40.8 Å². The van der Waals surface area contributed by atoms with Gasteiger partial charge in [-0.05, 0) is 37.1 Å². The van der Waals surface area contributed by atoms with Gasteiger partial charge in [0.1, 0.15) is 19.0 Å². The van der Waals surface area contributed by atoms with Gasteiger partial charge in [0.25, 0.3) is 5.89 Å². The highest BCUT2D eigenvalue weighted by molar-refractivity contribution is 5.92. The number of hydrogen-bond donors (Lipinski definition) is 2. The van der Waals surface area contributed by atoms with E-state index in [1.54, 1.807) is 13.0 Å². The molecule has 0 saturated carbocycles. The summed E-state index contributed by atoms with van der Waals surface area (Å²) in [5, 5.41) is 9.32. The van der Waals surface area contributed by atoms with Crippen LogP contribution in [0.15, 0.2) is 16.7 Å². The molecule has 3 rings (SSSR count). The highest BCUT2D eigenvalue weighted by atomic mass is 35.5. The third-order valence-corrected chi connectivity index (χ3v) is 3.51. The van der Waals surface area contributed by atoms with E-state index in [1.165, 1.54) is 0 Å². The zero-order chi connectivity index (χ0) is 16.2. The van der Waals surface area contributed by atoms with E-state index in [2.05, 4.69) is 20.8 Å². The Morgan fingerprint density at radius 2 is 2.33 bits per heavy atom. The van der Waals surface area contributed by atoms with Gasteiger partial charge in [-0.25, -0.2) is 4.39 Å². The summed E-state index contributed by atoms with van der Waals surface area (Å²) in [6.07, 6.45) is 0.609. The number of benzene rings is 1. The number of halogens is 2. The summed E-state index contributed by atoms with van der Waals surface area (Å²) in [5.74, 6) is -0.0136. The van der Waals surface area contributed by atoms with Crippen LogP contribution < -0.4 is 10.6 Å². The number of aromatic nitrogens is 2. The van der Waals surface area contributed by atoms with Crippen LogP contribution in [-0.4, -0.2) is 29.2 Å². The van der Waals surface area contributed by atoms with Crippen molar-refractivity contribution in [3.8, 4) is 0 Å². The fraction of sp³-hybridized carbons (Fsp3) is 0.400. The van der Waals surface area contributed by atoms with Crippen molar-refractivity contribution in [3.63, 3.8) is 0 Å². The molecule has 1 aliphatic rings. The second-order valence-electron chi connectivity index (χ2n) is 5.27. The Kier molecular flexibility index (Phi) is 6.24. The number of nitrogens with one attached hydrogen (secondary N) is 2. The molecule has 0 spiro atoms. The van der Waals surface area contributed by atoms with Gasteiger partial charge in [0.2, 0.25) is 5.91 Å². The van der Waals surface area contributed by atoms with Gasteiger partial charge in [0.05, 0.1) is 5.69 Å². The molecule has 0 radical (unpaired) electrons. The summed E-state index contributed by atoms with van der Waals surface area (Å²) < 4.78 is 24.4. The lowest BCUT2D eigenvalue weighted by atomic mass is 9.99. The predicted molar refractivity (Wildman–Crippen MR) is 86.4 cm³/mol. The monoisotopic (exact) mass is 356 g/mol. The van der Waals surface area contributed by atoms with Crippen molar-refractivity contribution in [2.75, 3.05) is 18.5 Å². The summed E-state index contributed by atoms with van der Waals surface area (Å²) in [5.41, 5.74) is 1.76. The number of rotatable bonds is 5. The average Bonchev–Trinajstić information content (AvgIpc) is 2.96. The molecule has 130 valence electrons. The minimum absolute atomic E-state index is 0. The topological polar surface area (TPSA) is 89.3 Å². The zero-order valence-electron chi connectivity index (χ0n) is 13.1. The van der Waals surface area contributed by atoms with Crippen LogP contribution in [-0.2, 0) is 29.1 Å². The van der Waals surface area contributed by atoms with Crippen LogP contribution in [0.25, 0.3) is 0 Å². The van der Waals surface area contributed by atoms with Crippen molar-refractivity contribution >= 4 is 24.0 Å². The van der Waals surface area contributed by atoms with E-state index in [1.807, 2.05) is 6.07 Å². The Morgan fingerprint density at radius 1 is 1.50 bits per heavy atom. The molecule has 1 aromatic carbocycles. The van der Waals surface area contributed by atoms with Gasteiger partial charge in [0.15, 0.2) is 5.82 Å². The molecule has 1 aliphatic heterocycles. The van der Waals surface area contributed by atoms with E-state index in [4.69, 9.17) is 9.26 Å². The smallest absolute Gasteiger partial charge is 0.252 e. The van der Waals surface area contributed by atoms with E-state index < -0.39 is 5.91 Å². The minimum Gasteiger partial charge on any atom is -0.362 e. The maximum absolute atomic E-state index is 14.4. The summed E-state index contributed by atoms with van der Waals surface area (Å²) >= 11 is 0. The molecule has 0 saturated heterocycles. The highest BCUT2D eigenvalue weighted by Crippen LogP contribution is 2.24. The highest BCUT2D eigenvalue weighted by Gasteiger charge is 2.17. The van der Waals surface area contributed by atoms with Crippen molar-refractivity contribution in [2.45, 2.75) is 26.5 Å². The van der Waals surface area contributed by atoms with Crippen LogP contribution in [0, 0.1) is 12.7 Å². The van der Waals surface area contributed by atoms with Crippen LogP contribution in [0.5, 0.6) is 0 Å². The number of nitrogens with zero attached hydrogens (tertiary/aromatic N) is 2. The Hall–Kier alpha value is -2.03. The number of carbonyl (C=O) groups excluding carboxylic acids is 1. The first-order valence-electron chi connectivity index (χ1n) is 7.31. The molecule has 0 aliphatic carbocycles. The van der Waals surface area contributed by atoms with Gasteiger partial charge >= 0.3 is 0 Å². The van der Waals surface area contributed by atoms with Crippen LogP contribution in [0.2, 0.25) is 0 Å². The van der Waals surface area contributed by atoms with Gasteiger partial charge in [-0.3, -0.25) is 4.79 Å². The summed E-state index contributed by atoms with van der Waals surface area (Å²) in [4.78, 5) is 15.8.